The number of carbonyl (C=O) groups excluding carboxylic acids is 18. The number of benzene rings is 2. The number of carbonyl (C=O) groups is 19. The number of fused-ring (bicyclic) bond motifs is 1. The van der Waals surface area contributed by atoms with Crippen molar-refractivity contribution in [3.63, 3.8) is 0 Å². The Hall–Kier alpha value is -13.6. The molecule has 18 amide bonds. The van der Waals surface area contributed by atoms with E-state index in [0.29, 0.717) is 59.5 Å². The normalized spacial score (nSPS) is 16.4. The molecule has 139 heavy (non-hydrogen) atoms. The maximum Gasteiger partial charge on any atom is 0.305 e. The predicted octanol–water partition coefficient (Wildman–Crippen LogP) is -5.81. The molecular weight excluding hydrogens is 1840 g/mol. The second-order valence-electron chi connectivity index (χ2n) is 33.9. The lowest BCUT2D eigenvalue weighted by Gasteiger charge is -2.26. The molecule has 768 valence electrons. The van der Waals surface area contributed by atoms with E-state index in [1.54, 1.807) is 44.3 Å². The number of amides is 18. The number of phenols is 1. The Morgan fingerprint density at radius 1 is 0.540 bits per heavy atom. The Morgan fingerprint density at radius 2 is 1.13 bits per heavy atom. The third-order valence-electron chi connectivity index (χ3n) is 21.6. The zero-order valence-electron chi connectivity index (χ0n) is 79.1. The number of hydrogen-bond acceptors (Lipinski definition) is 27. The molecule has 0 saturated carbocycles. The van der Waals surface area contributed by atoms with E-state index in [-0.39, 0.29) is 166 Å². The van der Waals surface area contributed by atoms with E-state index in [9.17, 15) is 101 Å². The van der Waals surface area contributed by atoms with Crippen LogP contribution in [0.2, 0.25) is 0 Å². The largest absolute Gasteiger partial charge is 0.508 e. The van der Waals surface area contributed by atoms with Crippen LogP contribution < -0.4 is 114 Å². The summed E-state index contributed by atoms with van der Waals surface area (Å²) >= 11 is 1.44. The molecule has 2 aromatic carbocycles. The number of primary amides is 2. The van der Waals surface area contributed by atoms with E-state index >= 15 is 0 Å². The van der Waals surface area contributed by atoms with Crippen molar-refractivity contribution in [3.8, 4) is 5.75 Å². The number of carboxylic acid groups (broad SMARTS) is 1. The van der Waals surface area contributed by atoms with E-state index in [4.69, 9.17) is 42.9 Å². The van der Waals surface area contributed by atoms with Crippen LogP contribution >= 0.6 is 11.8 Å². The van der Waals surface area contributed by atoms with Gasteiger partial charge >= 0.3 is 5.97 Å². The Morgan fingerprint density at radius 3 is 1.79 bits per heavy atom. The molecule has 1 fully saturated rings. The summed E-state index contributed by atoms with van der Waals surface area (Å²) in [5.74, 6) is -17.0. The number of ether oxygens (including phenoxy) is 3. The quantitative estimate of drug-likeness (QED) is 0.0111. The number of carboxylic acids is 1. The Bertz CT molecular complexity index is 4750. The number of aromatic hydroxyl groups is 1. The third kappa shape index (κ3) is 45.5. The topological polar surface area (TPSA) is 772 Å². The minimum atomic E-state index is -1.76. The van der Waals surface area contributed by atoms with Crippen LogP contribution in [0.4, 0.5) is 0 Å². The number of aliphatic imine (C=N–C) groups is 1. The van der Waals surface area contributed by atoms with Gasteiger partial charge in [0.05, 0.1) is 58.9 Å². The zero-order valence-corrected chi connectivity index (χ0v) is 79.9. The summed E-state index contributed by atoms with van der Waals surface area (Å²) in [6.45, 7) is 7.34. The van der Waals surface area contributed by atoms with Gasteiger partial charge in [-0.1, -0.05) is 64.4 Å². The number of aliphatic carboxylic acids is 1. The number of imidazole rings is 1. The number of guanidine groups is 1. The molecule has 5 rings (SSSR count). The standard InChI is InChI=1S/C89H137N25O24S/c1-50(2)39-64(85(132)108-59(77(92)124)28-38-139-6)110-87(134)67(42-55-45-95-49-102-55)107-73(120)47-101-88(135)76(51(3)4)114-78(125)52(5)103-84(131)66(41-54-44-99-58-16-10-9-15-57(54)58)112-83(130)63(24-26-69(91)116)104-71(118)19-8-7-12-30-96-70(117)27-25-62(106-74(121)48-138-37-36-137-35-34-136-33-29-90)79(126)97-31-13-11-17-61-82(129)111-65(40-53-20-22-56(115)23-21-53)86(133)113-68(43-75(122)123)80(127)100-46-72(119)105-60(81(128)109-61)18-14-32-98-89(93)94/h9-10,15-16,20-23,44-45,49-52,59-68,76,99,115H,7-8,11-14,17-19,24-43,46-48,90H2,1-6H3,(H2,91,116)(H2,92,124)(H,95,102)(H,96,117)(H,97,126)(H,100,127)(H,101,135)(H,103,131)(H,104,118)(H,105,119)(H,106,121)(H,107,120)(H,108,132)(H,109,128)(H,110,134)(H,111,129)(H,112,130)(H,113,133)(H,114,125)(H,122,123)(H4,93,94,98)/t52-,59+,60+,61+,62?,63-,64-,65-,66+,67+,68+,76+/m0/s1. The van der Waals surface area contributed by atoms with Gasteiger partial charge in [0.2, 0.25) is 106 Å². The molecule has 3 heterocycles. The second-order valence-corrected chi connectivity index (χ2v) is 34.9. The highest BCUT2D eigenvalue weighted by Gasteiger charge is 2.38. The zero-order chi connectivity index (χ0) is 102. The molecule has 49 nitrogen and oxygen atoms in total. The molecule has 30 N–H and O–H groups in total. The smallest absolute Gasteiger partial charge is 0.305 e. The van der Waals surface area contributed by atoms with Crippen molar-refractivity contribution in [2.24, 2.45) is 45.5 Å². The van der Waals surface area contributed by atoms with Gasteiger partial charge < -0.3 is 148 Å². The van der Waals surface area contributed by atoms with Crippen molar-refractivity contribution >= 4 is 141 Å². The minimum absolute atomic E-state index is 0.00885. The predicted molar refractivity (Wildman–Crippen MR) is 507 cm³/mol. The fourth-order valence-corrected chi connectivity index (χ4v) is 14.6. The van der Waals surface area contributed by atoms with Gasteiger partial charge in [-0.3, -0.25) is 96.1 Å². The summed E-state index contributed by atoms with van der Waals surface area (Å²) in [7, 11) is 0. The molecule has 1 aliphatic heterocycles. The summed E-state index contributed by atoms with van der Waals surface area (Å²) in [4.78, 5) is 273. The molecule has 12 atom stereocenters. The monoisotopic (exact) mass is 1970 g/mol. The van der Waals surface area contributed by atoms with Crippen LogP contribution in [0.1, 0.15) is 154 Å². The number of para-hydroxylation sites is 1. The molecule has 0 radical (unpaired) electrons. The number of aromatic amines is 2. The summed E-state index contributed by atoms with van der Waals surface area (Å²) in [5, 5.41) is 61.7. The van der Waals surface area contributed by atoms with Gasteiger partial charge in [0.15, 0.2) is 5.96 Å². The molecule has 0 bridgehead atoms. The van der Waals surface area contributed by atoms with Gasteiger partial charge in [-0.15, -0.1) is 0 Å². The van der Waals surface area contributed by atoms with Crippen molar-refractivity contribution in [3.05, 3.63) is 84.1 Å². The lowest BCUT2D eigenvalue weighted by atomic mass is 10.0. The van der Waals surface area contributed by atoms with Gasteiger partial charge in [0.1, 0.15) is 84.9 Å². The SMILES string of the molecule is CSCC[C@@H](NC(=O)[C@H](CC(C)C)NC(=O)[C@@H](Cc1cnc[nH]1)NC(=O)CNC(=O)[C@H](NC(=O)[C@H](C)NC(=O)[C@@H](Cc1c[nH]c2ccccc12)NC(=O)[C@H](CCC(N)=O)NC(=O)CCCCCNC(=O)CCC(NC(=O)COCCOCCOCCN)C(=O)NCCCC[C@H]1NC(=O)[C@@H](CCCN=C(N)N)NC(=O)CNC(=O)[C@@H](CC(=O)O)NC(=O)[C@H](Cc2ccc(O)cc2)NC1=O)C(C)C)C(N)=O. The van der Waals surface area contributed by atoms with E-state index in [1.807, 2.05) is 20.1 Å². The molecule has 50 heteroatoms. The first-order valence-electron chi connectivity index (χ1n) is 46.0. The van der Waals surface area contributed by atoms with Crippen molar-refractivity contribution in [2.45, 2.75) is 229 Å². The minimum Gasteiger partial charge on any atom is -0.508 e. The fourth-order valence-electron chi connectivity index (χ4n) is 14.2. The first kappa shape index (κ1) is 116. The highest BCUT2D eigenvalue weighted by molar-refractivity contribution is 7.98. The van der Waals surface area contributed by atoms with Crippen LogP contribution in [0.15, 0.2) is 72.2 Å². The molecule has 0 spiro atoms. The van der Waals surface area contributed by atoms with E-state index < -0.39 is 217 Å². The number of thioether (sulfide) groups is 1. The van der Waals surface area contributed by atoms with Crippen LogP contribution in [-0.4, -0.2) is 307 Å². The molecule has 4 aromatic rings. The number of unbranched alkanes of at least 4 members (excludes halogenated alkanes) is 3. The molecule has 1 aliphatic rings. The number of hydrogen-bond donors (Lipinski definition) is 25. The number of nitrogens with zero attached hydrogens (tertiary/aromatic N) is 2. The summed E-state index contributed by atoms with van der Waals surface area (Å²) in [6, 6.07) is -4.03. The van der Waals surface area contributed by atoms with Gasteiger partial charge in [-0.05, 0) is 131 Å². The number of nitrogens with two attached hydrogens (primary N) is 5. The van der Waals surface area contributed by atoms with Crippen LogP contribution in [0.3, 0.4) is 0 Å². The number of rotatable bonds is 63. The second kappa shape index (κ2) is 63.0. The van der Waals surface area contributed by atoms with Crippen molar-refractivity contribution in [2.75, 3.05) is 90.9 Å². The van der Waals surface area contributed by atoms with E-state index in [0.717, 1.165) is 0 Å². The fraction of sp³-hybridized carbons (Fsp3) is 0.584. The first-order valence-corrected chi connectivity index (χ1v) is 47.4. The van der Waals surface area contributed by atoms with Crippen LogP contribution in [-0.2, 0) is 125 Å². The lowest BCUT2D eigenvalue weighted by molar-refractivity contribution is -0.141. The molecule has 1 unspecified atom stereocenters. The third-order valence-corrected chi connectivity index (χ3v) is 22.2. The summed E-state index contributed by atoms with van der Waals surface area (Å²) in [5.41, 5.74) is 29.6. The molecule has 0 aliphatic carbocycles. The highest BCUT2D eigenvalue weighted by atomic mass is 32.2. The number of H-pyrrole nitrogens is 2. The van der Waals surface area contributed by atoms with Crippen molar-refractivity contribution in [1.29, 1.82) is 0 Å². The molecule has 2 aromatic heterocycles. The van der Waals surface area contributed by atoms with Gasteiger partial charge in [0.25, 0.3) is 0 Å². The molecule has 1 saturated heterocycles. The van der Waals surface area contributed by atoms with Crippen molar-refractivity contribution < 1.29 is 116 Å². The first-order chi connectivity index (χ1) is 66.2. The average Bonchev–Trinajstić information content (AvgIpc) is 1.65. The van der Waals surface area contributed by atoms with Crippen LogP contribution in [0, 0.1) is 11.8 Å². The average molecular weight is 1970 g/mol. The number of aromatic nitrogens is 3. The number of phenolic OH excluding ortho intramolecular Hbond substituents is 1. The summed E-state index contributed by atoms with van der Waals surface area (Å²) in [6.07, 6.45) is 4.52. The summed E-state index contributed by atoms with van der Waals surface area (Å²) < 4.78 is 16.2. The maximum absolute atomic E-state index is 14.5. The molecular formula is C89H137N25O24S. The highest BCUT2D eigenvalue weighted by Crippen LogP contribution is 2.21. The lowest BCUT2D eigenvalue weighted by Crippen LogP contribution is -2.59. The Balaban J connectivity index is 1.21. The van der Waals surface area contributed by atoms with Gasteiger partial charge in [0, 0.05) is 93.7 Å². The van der Waals surface area contributed by atoms with Crippen molar-refractivity contribution in [1.82, 2.24) is 100 Å². The number of nitrogens with one attached hydrogen (secondary N) is 18. The van der Waals surface area contributed by atoms with Crippen LogP contribution in [0.25, 0.3) is 10.9 Å². The van der Waals surface area contributed by atoms with E-state index in [1.165, 1.54) is 55.5 Å². The van der Waals surface area contributed by atoms with Gasteiger partial charge in [-0.2, -0.15) is 11.8 Å². The van der Waals surface area contributed by atoms with E-state index in [2.05, 4.69) is 105 Å². The van der Waals surface area contributed by atoms with Gasteiger partial charge in [-0.25, -0.2) is 4.98 Å². The van der Waals surface area contributed by atoms with Crippen LogP contribution in [0.5, 0.6) is 5.75 Å². The Kier molecular flexibility index (Phi) is 52.5. The maximum atomic E-state index is 14.5. The Labute approximate surface area is 808 Å².